The summed E-state index contributed by atoms with van der Waals surface area (Å²) >= 11 is 0. The van der Waals surface area contributed by atoms with Crippen LogP contribution in [0.5, 0.6) is 0 Å². The molecule has 0 aliphatic heterocycles. The lowest BCUT2D eigenvalue weighted by atomic mass is 10.2. The van der Waals surface area contributed by atoms with E-state index in [1.165, 1.54) is 12.8 Å². The fourth-order valence-electron chi connectivity index (χ4n) is 1.51. The Morgan fingerprint density at radius 3 is 2.80 bits per heavy atom. The molecule has 0 amide bonds. The Kier molecular flexibility index (Phi) is 4.34. The van der Waals surface area contributed by atoms with Crippen molar-refractivity contribution in [3.8, 4) is 0 Å². The van der Waals surface area contributed by atoms with E-state index in [-0.39, 0.29) is 0 Å². The smallest absolute Gasteiger partial charge is 0.134 e. The topological polar surface area (TPSA) is 41.0 Å². The summed E-state index contributed by atoms with van der Waals surface area (Å²) in [6, 6.07) is 2.47. The standard InChI is InChI=1S/C11H20N4/c1-5-6-9(2)15(4)11-7-10(12-3)13-8-14-11/h7-9H,5-6H2,1-4H3,(H,12,13,14). The van der Waals surface area contributed by atoms with Crippen LogP contribution in [-0.2, 0) is 0 Å². The van der Waals surface area contributed by atoms with E-state index in [0.717, 1.165) is 11.6 Å². The first-order valence-electron chi connectivity index (χ1n) is 5.41. The molecule has 1 aromatic rings. The first-order chi connectivity index (χ1) is 7.19. The number of hydrogen-bond acceptors (Lipinski definition) is 4. The molecule has 0 aliphatic rings. The van der Waals surface area contributed by atoms with Crippen LogP contribution < -0.4 is 10.2 Å². The monoisotopic (exact) mass is 208 g/mol. The summed E-state index contributed by atoms with van der Waals surface area (Å²) in [5.74, 6) is 1.82. The second-order valence-electron chi connectivity index (χ2n) is 3.76. The molecular weight excluding hydrogens is 188 g/mol. The molecule has 0 radical (unpaired) electrons. The summed E-state index contributed by atoms with van der Waals surface area (Å²) in [4.78, 5) is 10.5. The number of nitrogens with one attached hydrogen (secondary N) is 1. The van der Waals surface area contributed by atoms with E-state index >= 15 is 0 Å². The first-order valence-corrected chi connectivity index (χ1v) is 5.41. The maximum absolute atomic E-state index is 4.27. The molecule has 1 unspecified atom stereocenters. The highest BCUT2D eigenvalue weighted by Gasteiger charge is 2.10. The largest absolute Gasteiger partial charge is 0.373 e. The molecule has 0 aliphatic carbocycles. The number of hydrogen-bond donors (Lipinski definition) is 1. The molecule has 0 spiro atoms. The van der Waals surface area contributed by atoms with Gasteiger partial charge in [-0.1, -0.05) is 13.3 Å². The minimum absolute atomic E-state index is 0.509. The zero-order valence-corrected chi connectivity index (χ0v) is 9.99. The Morgan fingerprint density at radius 2 is 2.20 bits per heavy atom. The Bertz CT molecular complexity index is 300. The van der Waals surface area contributed by atoms with Crippen LogP contribution >= 0.6 is 0 Å². The van der Waals surface area contributed by atoms with Crippen molar-refractivity contribution in [2.24, 2.45) is 0 Å². The maximum Gasteiger partial charge on any atom is 0.134 e. The van der Waals surface area contributed by atoms with E-state index in [1.54, 1.807) is 6.33 Å². The van der Waals surface area contributed by atoms with Crippen molar-refractivity contribution in [1.29, 1.82) is 0 Å². The van der Waals surface area contributed by atoms with Gasteiger partial charge < -0.3 is 10.2 Å². The molecule has 0 aromatic carbocycles. The molecule has 0 fully saturated rings. The van der Waals surface area contributed by atoms with E-state index in [9.17, 15) is 0 Å². The Morgan fingerprint density at radius 1 is 1.47 bits per heavy atom. The highest BCUT2D eigenvalue weighted by Crippen LogP contribution is 2.16. The second-order valence-corrected chi connectivity index (χ2v) is 3.76. The van der Waals surface area contributed by atoms with Crippen LogP contribution in [0.3, 0.4) is 0 Å². The van der Waals surface area contributed by atoms with Crippen LogP contribution in [0.4, 0.5) is 11.6 Å². The van der Waals surface area contributed by atoms with Gasteiger partial charge in [-0.3, -0.25) is 0 Å². The van der Waals surface area contributed by atoms with Gasteiger partial charge in [0.1, 0.15) is 18.0 Å². The summed E-state index contributed by atoms with van der Waals surface area (Å²) in [6.07, 6.45) is 3.96. The van der Waals surface area contributed by atoms with Gasteiger partial charge in [0.25, 0.3) is 0 Å². The van der Waals surface area contributed by atoms with Crippen molar-refractivity contribution in [2.45, 2.75) is 32.7 Å². The Balaban J connectivity index is 2.76. The van der Waals surface area contributed by atoms with Crippen LogP contribution in [0.15, 0.2) is 12.4 Å². The van der Waals surface area contributed by atoms with Gasteiger partial charge in [0, 0.05) is 26.2 Å². The molecule has 0 saturated carbocycles. The molecule has 4 heteroatoms. The molecule has 84 valence electrons. The predicted molar refractivity (Wildman–Crippen MR) is 64.4 cm³/mol. The zero-order chi connectivity index (χ0) is 11.3. The van der Waals surface area contributed by atoms with E-state index in [0.29, 0.717) is 6.04 Å². The van der Waals surface area contributed by atoms with Crippen molar-refractivity contribution >= 4 is 11.6 Å². The summed E-state index contributed by atoms with van der Waals surface area (Å²) in [5, 5.41) is 3.02. The van der Waals surface area contributed by atoms with Gasteiger partial charge in [-0.25, -0.2) is 9.97 Å². The van der Waals surface area contributed by atoms with E-state index in [4.69, 9.17) is 0 Å². The average molecular weight is 208 g/mol. The third-order valence-corrected chi connectivity index (χ3v) is 2.64. The summed E-state index contributed by atoms with van der Waals surface area (Å²) < 4.78 is 0. The normalized spacial score (nSPS) is 12.3. The van der Waals surface area contributed by atoms with E-state index in [2.05, 4.69) is 41.1 Å². The van der Waals surface area contributed by atoms with Crippen molar-refractivity contribution in [1.82, 2.24) is 9.97 Å². The molecule has 0 saturated heterocycles. The fraction of sp³-hybridized carbons (Fsp3) is 0.636. The van der Waals surface area contributed by atoms with Crippen LogP contribution in [0.25, 0.3) is 0 Å². The predicted octanol–water partition coefficient (Wildman–Crippen LogP) is 2.14. The molecule has 15 heavy (non-hydrogen) atoms. The minimum atomic E-state index is 0.509. The number of aromatic nitrogens is 2. The summed E-state index contributed by atoms with van der Waals surface area (Å²) in [5.41, 5.74) is 0. The van der Waals surface area contributed by atoms with Gasteiger partial charge >= 0.3 is 0 Å². The van der Waals surface area contributed by atoms with Crippen molar-refractivity contribution in [3.63, 3.8) is 0 Å². The SMILES string of the molecule is CCCC(C)N(C)c1cc(NC)ncn1. The van der Waals surface area contributed by atoms with Gasteiger partial charge in [0.2, 0.25) is 0 Å². The van der Waals surface area contributed by atoms with Crippen molar-refractivity contribution in [2.75, 3.05) is 24.3 Å². The second kappa shape index (κ2) is 5.53. The molecule has 0 bridgehead atoms. The van der Waals surface area contributed by atoms with Gasteiger partial charge in [-0.2, -0.15) is 0 Å². The highest BCUT2D eigenvalue weighted by molar-refractivity contribution is 5.48. The van der Waals surface area contributed by atoms with E-state index < -0.39 is 0 Å². The average Bonchev–Trinajstić information content (AvgIpc) is 2.28. The molecule has 4 nitrogen and oxygen atoms in total. The molecular formula is C11H20N4. The van der Waals surface area contributed by atoms with Crippen molar-refractivity contribution < 1.29 is 0 Å². The molecule has 1 aromatic heterocycles. The van der Waals surface area contributed by atoms with Gasteiger partial charge in [0.15, 0.2) is 0 Å². The fourth-order valence-corrected chi connectivity index (χ4v) is 1.51. The molecule has 1 atom stereocenters. The zero-order valence-electron chi connectivity index (χ0n) is 9.99. The lowest BCUT2D eigenvalue weighted by Crippen LogP contribution is -2.29. The quantitative estimate of drug-likeness (QED) is 0.805. The van der Waals surface area contributed by atoms with Crippen LogP contribution in [0, 0.1) is 0 Å². The van der Waals surface area contributed by atoms with Crippen LogP contribution in [0.2, 0.25) is 0 Å². The lowest BCUT2D eigenvalue weighted by molar-refractivity contribution is 0.611. The summed E-state index contributed by atoms with van der Waals surface area (Å²) in [6.45, 7) is 4.41. The van der Waals surface area contributed by atoms with Gasteiger partial charge in [-0.05, 0) is 13.3 Å². The van der Waals surface area contributed by atoms with Gasteiger partial charge in [-0.15, -0.1) is 0 Å². The Hall–Kier alpha value is -1.32. The number of anilines is 2. The first kappa shape index (κ1) is 11.8. The van der Waals surface area contributed by atoms with Crippen molar-refractivity contribution in [3.05, 3.63) is 12.4 Å². The van der Waals surface area contributed by atoms with Crippen LogP contribution in [-0.4, -0.2) is 30.1 Å². The lowest BCUT2D eigenvalue weighted by Gasteiger charge is -2.25. The highest BCUT2D eigenvalue weighted by atomic mass is 15.2. The molecule has 1 heterocycles. The maximum atomic E-state index is 4.27. The van der Waals surface area contributed by atoms with E-state index in [1.807, 2.05) is 13.1 Å². The van der Waals surface area contributed by atoms with Gasteiger partial charge in [0.05, 0.1) is 0 Å². The molecule has 1 rings (SSSR count). The summed E-state index contributed by atoms with van der Waals surface area (Å²) in [7, 11) is 3.93. The third kappa shape index (κ3) is 3.08. The molecule has 1 N–H and O–H groups in total. The number of rotatable bonds is 5. The van der Waals surface area contributed by atoms with Crippen LogP contribution in [0.1, 0.15) is 26.7 Å². The minimum Gasteiger partial charge on any atom is -0.373 e. The third-order valence-electron chi connectivity index (χ3n) is 2.64. The Labute approximate surface area is 91.7 Å². The number of nitrogens with zero attached hydrogens (tertiary/aromatic N) is 3.